The molecule has 7 nitrogen and oxygen atoms in total. The molecule has 0 aliphatic heterocycles. The van der Waals surface area contributed by atoms with Crippen molar-refractivity contribution in [1.82, 2.24) is 5.32 Å². The molecule has 0 saturated carbocycles. The Morgan fingerprint density at radius 3 is 2.45 bits per heavy atom. The van der Waals surface area contributed by atoms with E-state index in [2.05, 4.69) is 26.6 Å². The van der Waals surface area contributed by atoms with Crippen LogP contribution in [0.15, 0.2) is 81.5 Å². The van der Waals surface area contributed by atoms with E-state index < -0.39 is 17.8 Å². The van der Waals surface area contributed by atoms with Crippen LogP contribution in [0.3, 0.4) is 0 Å². The Labute approximate surface area is 187 Å². The van der Waals surface area contributed by atoms with Gasteiger partial charge in [-0.25, -0.2) is 4.79 Å². The van der Waals surface area contributed by atoms with Crippen molar-refractivity contribution in [3.8, 4) is 0 Å². The molecule has 1 heterocycles. The fourth-order valence-electron chi connectivity index (χ4n) is 2.60. The molecule has 2 amide bonds. The maximum absolute atomic E-state index is 12.9. The summed E-state index contributed by atoms with van der Waals surface area (Å²) in [5, 5.41) is 5.32. The number of hydrogen-bond donors (Lipinski definition) is 2. The van der Waals surface area contributed by atoms with Crippen LogP contribution in [-0.4, -0.2) is 24.4 Å². The van der Waals surface area contributed by atoms with Gasteiger partial charge in [-0.05, 0) is 61.5 Å². The first kappa shape index (κ1) is 22.0. The third-order valence-electron chi connectivity index (χ3n) is 4.06. The molecule has 0 fully saturated rings. The zero-order valence-corrected chi connectivity index (χ0v) is 18.1. The summed E-state index contributed by atoms with van der Waals surface area (Å²) < 4.78 is 11.0. The smallest absolute Gasteiger partial charge is 0.338 e. The van der Waals surface area contributed by atoms with E-state index >= 15 is 0 Å². The highest BCUT2D eigenvalue weighted by Gasteiger charge is 2.16. The number of anilines is 1. The summed E-state index contributed by atoms with van der Waals surface area (Å²) >= 11 is 3.32. The fourth-order valence-corrected chi connectivity index (χ4v) is 3.00. The molecular weight excluding hydrogens is 464 g/mol. The van der Waals surface area contributed by atoms with Crippen molar-refractivity contribution >= 4 is 45.5 Å². The summed E-state index contributed by atoms with van der Waals surface area (Å²) in [6.07, 6.45) is 2.89. The summed E-state index contributed by atoms with van der Waals surface area (Å²) in [7, 11) is 0. The molecule has 31 heavy (non-hydrogen) atoms. The summed E-state index contributed by atoms with van der Waals surface area (Å²) in [4.78, 5) is 37.3. The number of rotatable bonds is 7. The second kappa shape index (κ2) is 10.4. The number of ether oxygens (including phenoxy) is 1. The predicted octanol–water partition coefficient (Wildman–Crippen LogP) is 4.63. The van der Waals surface area contributed by atoms with Gasteiger partial charge in [-0.3, -0.25) is 9.59 Å². The second-order valence-electron chi connectivity index (χ2n) is 6.29. The van der Waals surface area contributed by atoms with E-state index in [1.54, 1.807) is 67.6 Å². The minimum absolute atomic E-state index is 0.00519. The number of esters is 1. The molecule has 158 valence electrons. The highest BCUT2D eigenvalue weighted by molar-refractivity contribution is 9.10. The average molecular weight is 483 g/mol. The number of carbonyl (C=O) groups is 3. The zero-order valence-electron chi connectivity index (χ0n) is 16.6. The number of nitrogens with one attached hydrogen (secondary N) is 2. The molecule has 2 N–H and O–H groups in total. The normalized spacial score (nSPS) is 11.0. The maximum atomic E-state index is 12.9. The van der Waals surface area contributed by atoms with Gasteiger partial charge in [0, 0.05) is 21.8 Å². The Bertz CT molecular complexity index is 1110. The Kier molecular flexibility index (Phi) is 7.40. The van der Waals surface area contributed by atoms with Crippen molar-refractivity contribution in [2.24, 2.45) is 0 Å². The topological polar surface area (TPSA) is 97.6 Å². The minimum atomic E-state index is -0.552. The standard InChI is InChI=1S/C23H19BrN2O5/c1-2-30-23(29)15-8-10-18(11-9-15)25-22(28)20(14-19-7-4-12-31-19)26-21(27)16-5-3-6-17(24)13-16/h3-14H,2H2,1H3,(H,25,28)(H,26,27). The highest BCUT2D eigenvalue weighted by Crippen LogP contribution is 2.15. The number of benzene rings is 2. The van der Waals surface area contributed by atoms with Crippen molar-refractivity contribution in [3.05, 3.63) is 94.0 Å². The van der Waals surface area contributed by atoms with Crippen molar-refractivity contribution in [1.29, 1.82) is 0 Å². The van der Waals surface area contributed by atoms with Crippen LogP contribution in [0.4, 0.5) is 5.69 Å². The largest absolute Gasteiger partial charge is 0.465 e. The van der Waals surface area contributed by atoms with Crippen LogP contribution in [0, 0.1) is 0 Å². The van der Waals surface area contributed by atoms with E-state index in [1.165, 1.54) is 12.3 Å². The van der Waals surface area contributed by atoms with Gasteiger partial charge >= 0.3 is 5.97 Å². The lowest BCUT2D eigenvalue weighted by Crippen LogP contribution is -2.30. The predicted molar refractivity (Wildman–Crippen MR) is 119 cm³/mol. The molecule has 3 rings (SSSR count). The molecule has 0 atom stereocenters. The Morgan fingerprint density at radius 2 is 1.81 bits per heavy atom. The number of halogens is 1. The first-order chi connectivity index (χ1) is 15.0. The number of furan rings is 1. The van der Waals surface area contributed by atoms with E-state index in [4.69, 9.17) is 9.15 Å². The first-order valence-corrected chi connectivity index (χ1v) is 10.2. The van der Waals surface area contributed by atoms with Crippen molar-refractivity contribution in [2.45, 2.75) is 6.92 Å². The Hall–Kier alpha value is -3.65. The van der Waals surface area contributed by atoms with Crippen LogP contribution in [0.25, 0.3) is 6.08 Å². The van der Waals surface area contributed by atoms with E-state index in [0.29, 0.717) is 22.6 Å². The molecule has 0 saturated heterocycles. The van der Waals surface area contributed by atoms with Crippen LogP contribution in [0.5, 0.6) is 0 Å². The highest BCUT2D eigenvalue weighted by atomic mass is 79.9. The van der Waals surface area contributed by atoms with Crippen LogP contribution in [0.1, 0.15) is 33.4 Å². The summed E-state index contributed by atoms with van der Waals surface area (Å²) in [6.45, 7) is 2.00. The third kappa shape index (κ3) is 6.16. The van der Waals surface area contributed by atoms with Crippen LogP contribution < -0.4 is 10.6 Å². The van der Waals surface area contributed by atoms with Gasteiger partial charge in [0.05, 0.1) is 18.4 Å². The molecule has 0 unspecified atom stereocenters. The Morgan fingerprint density at radius 1 is 1.03 bits per heavy atom. The summed E-state index contributed by atoms with van der Waals surface area (Å²) in [6, 6.07) is 16.4. The molecule has 0 aliphatic carbocycles. The first-order valence-electron chi connectivity index (χ1n) is 9.37. The van der Waals surface area contributed by atoms with E-state index in [-0.39, 0.29) is 12.3 Å². The number of hydrogen-bond acceptors (Lipinski definition) is 5. The molecular formula is C23H19BrN2O5. The molecule has 1 aromatic heterocycles. The summed E-state index contributed by atoms with van der Waals surface area (Å²) in [5.74, 6) is -1.05. The molecule has 0 aliphatic rings. The SMILES string of the molecule is CCOC(=O)c1ccc(NC(=O)C(=Cc2ccco2)NC(=O)c2cccc(Br)c2)cc1. The van der Waals surface area contributed by atoms with Crippen molar-refractivity contribution < 1.29 is 23.5 Å². The van der Waals surface area contributed by atoms with Crippen LogP contribution >= 0.6 is 15.9 Å². The van der Waals surface area contributed by atoms with E-state index in [9.17, 15) is 14.4 Å². The van der Waals surface area contributed by atoms with Crippen LogP contribution in [0.2, 0.25) is 0 Å². The van der Waals surface area contributed by atoms with E-state index in [1.807, 2.05) is 0 Å². The second-order valence-corrected chi connectivity index (χ2v) is 7.21. The fraction of sp³-hybridized carbons (Fsp3) is 0.0870. The molecule has 3 aromatic rings. The monoisotopic (exact) mass is 482 g/mol. The molecule has 0 bridgehead atoms. The van der Waals surface area contributed by atoms with Gasteiger partial charge in [0.2, 0.25) is 0 Å². The van der Waals surface area contributed by atoms with Gasteiger partial charge in [0.1, 0.15) is 11.5 Å². The van der Waals surface area contributed by atoms with Crippen molar-refractivity contribution in [2.75, 3.05) is 11.9 Å². The zero-order chi connectivity index (χ0) is 22.2. The maximum Gasteiger partial charge on any atom is 0.338 e. The lowest BCUT2D eigenvalue weighted by atomic mass is 10.2. The quantitative estimate of drug-likeness (QED) is 0.377. The van der Waals surface area contributed by atoms with Gasteiger partial charge in [-0.2, -0.15) is 0 Å². The van der Waals surface area contributed by atoms with Gasteiger partial charge in [-0.15, -0.1) is 0 Å². The number of amides is 2. The van der Waals surface area contributed by atoms with Gasteiger partial charge < -0.3 is 19.8 Å². The van der Waals surface area contributed by atoms with Crippen LogP contribution in [-0.2, 0) is 9.53 Å². The van der Waals surface area contributed by atoms with Crippen molar-refractivity contribution in [3.63, 3.8) is 0 Å². The van der Waals surface area contributed by atoms with Gasteiger partial charge in [-0.1, -0.05) is 22.0 Å². The molecule has 0 spiro atoms. The van der Waals surface area contributed by atoms with Gasteiger partial charge in [0.25, 0.3) is 11.8 Å². The molecule has 8 heteroatoms. The third-order valence-corrected chi connectivity index (χ3v) is 4.56. The molecule has 2 aromatic carbocycles. The molecule has 0 radical (unpaired) electrons. The van der Waals surface area contributed by atoms with Gasteiger partial charge in [0.15, 0.2) is 0 Å². The van der Waals surface area contributed by atoms with E-state index in [0.717, 1.165) is 4.47 Å². The Balaban J connectivity index is 1.78. The lowest BCUT2D eigenvalue weighted by Gasteiger charge is -2.11. The average Bonchev–Trinajstić information content (AvgIpc) is 3.27. The number of carbonyl (C=O) groups excluding carboxylic acids is 3. The minimum Gasteiger partial charge on any atom is -0.465 e. The summed E-state index contributed by atoms with van der Waals surface area (Å²) in [5.41, 5.74) is 1.19. The lowest BCUT2D eigenvalue weighted by molar-refractivity contribution is -0.113.